The van der Waals surface area contributed by atoms with Gasteiger partial charge in [-0.2, -0.15) is 5.10 Å². The lowest BCUT2D eigenvalue weighted by molar-refractivity contribution is 0.580. The van der Waals surface area contributed by atoms with E-state index in [-0.39, 0.29) is 10.5 Å². The summed E-state index contributed by atoms with van der Waals surface area (Å²) in [5.74, 6) is 0.460. The van der Waals surface area contributed by atoms with Crippen LogP contribution in [0.15, 0.2) is 105 Å². The van der Waals surface area contributed by atoms with E-state index in [9.17, 15) is 13.2 Å². The zero-order valence-electron chi connectivity index (χ0n) is 17.8. The summed E-state index contributed by atoms with van der Waals surface area (Å²) >= 11 is 0. The Morgan fingerprint density at radius 2 is 1.61 bits per heavy atom. The molecule has 7 heteroatoms. The number of nitrogens with zero attached hydrogens (tertiary/aromatic N) is 2. The molecule has 0 unspecified atom stereocenters. The van der Waals surface area contributed by atoms with Gasteiger partial charge in [-0.3, -0.25) is 4.79 Å². The van der Waals surface area contributed by atoms with Crippen molar-refractivity contribution in [3.8, 4) is 22.5 Å². The molecule has 2 heterocycles. The van der Waals surface area contributed by atoms with Gasteiger partial charge in [0.25, 0.3) is 5.56 Å². The third-order valence-electron chi connectivity index (χ3n) is 5.55. The summed E-state index contributed by atoms with van der Waals surface area (Å²) in [6.45, 7) is 0.318. The fourth-order valence-corrected chi connectivity index (χ4v) is 4.49. The minimum atomic E-state index is -3.33. The Morgan fingerprint density at radius 1 is 0.909 bits per heavy atom. The number of furan rings is 1. The molecule has 164 valence electrons. The minimum absolute atomic E-state index is 0.210. The Labute approximate surface area is 190 Å². The number of fused-ring (bicyclic) bond motifs is 1. The largest absolute Gasteiger partial charge is 0.463 e. The summed E-state index contributed by atoms with van der Waals surface area (Å²) < 4.78 is 31.0. The third kappa shape index (κ3) is 3.99. The maximum absolute atomic E-state index is 13.7. The first-order valence-corrected chi connectivity index (χ1v) is 12.2. The lowest BCUT2D eigenvalue weighted by Gasteiger charge is -2.12. The number of hydrogen-bond acceptors (Lipinski definition) is 5. The second-order valence-electron chi connectivity index (χ2n) is 7.83. The van der Waals surface area contributed by atoms with Crippen molar-refractivity contribution in [2.24, 2.45) is 0 Å². The predicted octanol–water partition coefficient (Wildman–Crippen LogP) is 4.78. The first kappa shape index (κ1) is 20.9. The normalized spacial score (nSPS) is 11.7. The molecule has 0 fully saturated rings. The molecular weight excluding hydrogens is 436 g/mol. The molecule has 0 N–H and O–H groups in total. The summed E-state index contributed by atoms with van der Waals surface area (Å²) in [5.41, 5.74) is 2.30. The van der Waals surface area contributed by atoms with Gasteiger partial charge in [0, 0.05) is 22.6 Å². The van der Waals surface area contributed by atoms with Gasteiger partial charge in [0.15, 0.2) is 9.84 Å². The van der Waals surface area contributed by atoms with E-state index in [4.69, 9.17) is 4.42 Å². The van der Waals surface area contributed by atoms with Gasteiger partial charge in [-0.1, -0.05) is 66.7 Å². The lowest BCUT2D eigenvalue weighted by atomic mass is 9.99. The molecule has 0 saturated carbocycles. The van der Waals surface area contributed by atoms with Crippen LogP contribution in [0.5, 0.6) is 0 Å². The van der Waals surface area contributed by atoms with Crippen LogP contribution in [0.3, 0.4) is 0 Å². The predicted molar refractivity (Wildman–Crippen MR) is 128 cm³/mol. The average Bonchev–Trinajstić information content (AvgIpc) is 3.24. The summed E-state index contributed by atoms with van der Waals surface area (Å²) in [6, 6.07) is 23.7. The maximum Gasteiger partial charge on any atom is 0.278 e. The Hall–Kier alpha value is -3.97. The molecule has 0 spiro atoms. The van der Waals surface area contributed by atoms with Gasteiger partial charge in [0.1, 0.15) is 5.76 Å². The first-order chi connectivity index (χ1) is 15.9. The molecular formula is C26H20N2O4S. The van der Waals surface area contributed by atoms with Crippen LogP contribution in [-0.2, 0) is 16.4 Å². The molecule has 2 aromatic heterocycles. The minimum Gasteiger partial charge on any atom is -0.463 e. The van der Waals surface area contributed by atoms with Crippen molar-refractivity contribution in [3.63, 3.8) is 0 Å². The number of hydrogen-bond donors (Lipinski definition) is 0. The molecule has 5 rings (SSSR count). The molecule has 6 nitrogen and oxygen atoms in total. The Kier molecular flexibility index (Phi) is 5.18. The second kappa shape index (κ2) is 8.18. The number of sulfone groups is 1. The molecule has 5 aromatic rings. The topological polar surface area (TPSA) is 82.2 Å². The van der Waals surface area contributed by atoms with Crippen molar-refractivity contribution in [1.82, 2.24) is 9.78 Å². The third-order valence-corrected chi connectivity index (χ3v) is 6.68. The van der Waals surface area contributed by atoms with E-state index in [1.54, 1.807) is 24.6 Å². The van der Waals surface area contributed by atoms with E-state index in [0.717, 1.165) is 22.6 Å². The molecule has 33 heavy (non-hydrogen) atoms. The summed E-state index contributed by atoms with van der Waals surface area (Å²) in [6.07, 6.45) is 4.42. The molecule has 0 saturated heterocycles. The van der Waals surface area contributed by atoms with Crippen molar-refractivity contribution < 1.29 is 12.8 Å². The highest BCUT2D eigenvalue weighted by atomic mass is 32.2. The number of aromatic nitrogens is 2. The fourth-order valence-electron chi connectivity index (χ4n) is 3.86. The number of benzene rings is 3. The molecule has 0 amide bonds. The van der Waals surface area contributed by atoms with Crippen LogP contribution in [0.25, 0.3) is 33.2 Å². The zero-order valence-corrected chi connectivity index (χ0v) is 18.6. The molecule has 0 aliphatic carbocycles. The Morgan fingerprint density at radius 3 is 2.33 bits per heavy atom. The average molecular weight is 457 g/mol. The molecule has 3 aromatic carbocycles. The monoisotopic (exact) mass is 456 g/mol. The lowest BCUT2D eigenvalue weighted by Crippen LogP contribution is -2.25. The quantitative estimate of drug-likeness (QED) is 0.380. The van der Waals surface area contributed by atoms with Crippen LogP contribution < -0.4 is 5.56 Å². The van der Waals surface area contributed by atoms with Gasteiger partial charge < -0.3 is 4.42 Å². The van der Waals surface area contributed by atoms with Crippen LogP contribution in [0.2, 0.25) is 0 Å². The summed E-state index contributed by atoms with van der Waals surface area (Å²) in [5, 5.41) is 6.12. The van der Waals surface area contributed by atoms with Crippen molar-refractivity contribution in [2.45, 2.75) is 11.4 Å². The van der Waals surface area contributed by atoms with Crippen LogP contribution in [0.4, 0.5) is 0 Å². The van der Waals surface area contributed by atoms with Crippen LogP contribution >= 0.6 is 0 Å². The van der Waals surface area contributed by atoms with Crippen molar-refractivity contribution in [3.05, 3.63) is 107 Å². The zero-order chi connectivity index (χ0) is 23.0. The van der Waals surface area contributed by atoms with E-state index < -0.39 is 9.84 Å². The Balaban J connectivity index is 1.72. The van der Waals surface area contributed by atoms with Gasteiger partial charge >= 0.3 is 0 Å². The second-order valence-corrected chi connectivity index (χ2v) is 9.85. The first-order valence-electron chi connectivity index (χ1n) is 10.3. The van der Waals surface area contributed by atoms with Gasteiger partial charge in [0.05, 0.1) is 29.5 Å². The van der Waals surface area contributed by atoms with Crippen LogP contribution in [-0.4, -0.2) is 24.5 Å². The highest BCUT2D eigenvalue weighted by Crippen LogP contribution is 2.35. The van der Waals surface area contributed by atoms with Gasteiger partial charge in [-0.25, -0.2) is 13.1 Å². The van der Waals surface area contributed by atoms with Gasteiger partial charge in [-0.15, -0.1) is 0 Å². The van der Waals surface area contributed by atoms with E-state index in [2.05, 4.69) is 5.10 Å². The SMILES string of the molecule is CS(=O)(=O)c1ccc(-c2cnn(Cc3ccccc3)c(=O)c2-c2occ3ccccc23)cc1. The van der Waals surface area contributed by atoms with Crippen molar-refractivity contribution in [1.29, 1.82) is 0 Å². The van der Waals surface area contributed by atoms with Crippen molar-refractivity contribution in [2.75, 3.05) is 6.26 Å². The number of rotatable bonds is 5. The summed E-state index contributed by atoms with van der Waals surface area (Å²) in [7, 11) is -3.33. The van der Waals surface area contributed by atoms with Gasteiger partial charge in [-0.05, 0) is 23.3 Å². The highest BCUT2D eigenvalue weighted by molar-refractivity contribution is 7.90. The van der Waals surface area contributed by atoms with E-state index in [1.807, 2.05) is 54.6 Å². The molecule has 0 bridgehead atoms. The van der Waals surface area contributed by atoms with Crippen LogP contribution in [0, 0.1) is 0 Å². The maximum atomic E-state index is 13.7. The Bertz CT molecular complexity index is 1620. The molecule has 0 radical (unpaired) electrons. The molecule has 0 aliphatic rings. The highest BCUT2D eigenvalue weighted by Gasteiger charge is 2.21. The molecule has 0 aliphatic heterocycles. The van der Waals surface area contributed by atoms with Gasteiger partial charge in [0.2, 0.25) is 0 Å². The molecule has 0 atom stereocenters. The summed E-state index contributed by atoms with van der Waals surface area (Å²) in [4.78, 5) is 13.9. The smallest absolute Gasteiger partial charge is 0.278 e. The van der Waals surface area contributed by atoms with E-state index >= 15 is 0 Å². The van der Waals surface area contributed by atoms with E-state index in [0.29, 0.717) is 29.0 Å². The van der Waals surface area contributed by atoms with Crippen molar-refractivity contribution >= 4 is 20.6 Å². The fraction of sp³-hybridized carbons (Fsp3) is 0.0769. The van der Waals surface area contributed by atoms with Crippen LogP contribution in [0.1, 0.15) is 5.56 Å². The standard InChI is InChI=1S/C26H20N2O4S/c1-33(30,31)21-13-11-19(12-14-21)23-15-27-28(16-18-7-3-2-4-8-18)26(29)24(23)25-22-10-6-5-9-20(22)17-32-25/h2-15,17H,16H2,1H3. The van der Waals surface area contributed by atoms with E-state index in [1.165, 1.54) is 16.8 Å².